The molecule has 1 N–H and O–H groups in total. The lowest BCUT2D eigenvalue weighted by Crippen LogP contribution is -2.29. The SMILES string of the molecule is C=CC(=C(C)CC1CC1)C(=N/C(=C)NC1CCCCC1)/C(F)=C\C. The molecule has 132 valence electrons. The lowest BCUT2D eigenvalue weighted by atomic mass is 9.95. The Bertz CT molecular complexity index is 558. The van der Waals surface area contributed by atoms with Crippen molar-refractivity contribution in [2.24, 2.45) is 10.9 Å². The van der Waals surface area contributed by atoms with Crippen LogP contribution in [0.25, 0.3) is 0 Å². The molecule has 0 radical (unpaired) electrons. The van der Waals surface area contributed by atoms with Gasteiger partial charge < -0.3 is 5.32 Å². The molecule has 0 aromatic rings. The number of nitrogens with one attached hydrogen (secondary N) is 1. The fourth-order valence-corrected chi connectivity index (χ4v) is 3.37. The summed E-state index contributed by atoms with van der Waals surface area (Å²) in [7, 11) is 0. The van der Waals surface area contributed by atoms with Gasteiger partial charge in [-0.05, 0) is 57.9 Å². The van der Waals surface area contributed by atoms with Gasteiger partial charge in [0.05, 0.1) is 0 Å². The molecule has 0 saturated heterocycles. The van der Waals surface area contributed by atoms with Crippen molar-refractivity contribution in [3.63, 3.8) is 0 Å². The van der Waals surface area contributed by atoms with Crippen molar-refractivity contribution in [3.05, 3.63) is 48.1 Å². The van der Waals surface area contributed by atoms with Gasteiger partial charge in [-0.1, -0.05) is 44.1 Å². The Labute approximate surface area is 146 Å². The van der Waals surface area contributed by atoms with Gasteiger partial charge in [0.25, 0.3) is 0 Å². The summed E-state index contributed by atoms with van der Waals surface area (Å²) in [6.07, 6.45) is 12.8. The quantitative estimate of drug-likeness (QED) is 0.428. The molecule has 24 heavy (non-hydrogen) atoms. The van der Waals surface area contributed by atoms with Gasteiger partial charge in [0.2, 0.25) is 0 Å². The maximum Gasteiger partial charge on any atom is 0.145 e. The molecule has 2 aliphatic rings. The van der Waals surface area contributed by atoms with Gasteiger partial charge in [0.15, 0.2) is 0 Å². The number of rotatable bonds is 8. The molecule has 2 fully saturated rings. The highest BCUT2D eigenvalue weighted by Gasteiger charge is 2.23. The van der Waals surface area contributed by atoms with E-state index in [0.717, 1.165) is 36.3 Å². The molecule has 0 spiro atoms. The van der Waals surface area contributed by atoms with E-state index in [2.05, 4.69) is 30.4 Å². The van der Waals surface area contributed by atoms with E-state index in [1.807, 2.05) is 0 Å². The summed E-state index contributed by atoms with van der Waals surface area (Å²) in [5.74, 6) is 0.984. The van der Waals surface area contributed by atoms with E-state index >= 15 is 0 Å². The maximum absolute atomic E-state index is 14.5. The van der Waals surface area contributed by atoms with Crippen molar-refractivity contribution in [1.29, 1.82) is 0 Å². The fourth-order valence-electron chi connectivity index (χ4n) is 3.37. The zero-order valence-corrected chi connectivity index (χ0v) is 15.2. The van der Waals surface area contributed by atoms with E-state index in [4.69, 9.17) is 0 Å². The summed E-state index contributed by atoms with van der Waals surface area (Å²) in [5.41, 5.74) is 2.33. The van der Waals surface area contributed by atoms with Gasteiger partial charge in [-0.15, -0.1) is 0 Å². The van der Waals surface area contributed by atoms with Crippen LogP contribution >= 0.6 is 0 Å². The molecule has 0 heterocycles. The van der Waals surface area contributed by atoms with Crippen molar-refractivity contribution in [2.45, 2.75) is 71.3 Å². The normalized spacial score (nSPS) is 21.3. The minimum atomic E-state index is -0.313. The van der Waals surface area contributed by atoms with Gasteiger partial charge in [-0.25, -0.2) is 9.38 Å². The van der Waals surface area contributed by atoms with Gasteiger partial charge >= 0.3 is 0 Å². The first-order valence-electron chi connectivity index (χ1n) is 9.24. The smallest absolute Gasteiger partial charge is 0.145 e. The number of halogens is 1. The maximum atomic E-state index is 14.5. The molecule has 2 rings (SSSR count). The van der Waals surface area contributed by atoms with Crippen LogP contribution in [0.2, 0.25) is 0 Å². The number of hydrogen-bond acceptors (Lipinski definition) is 2. The molecule has 0 bridgehead atoms. The Hall–Kier alpha value is -1.64. The highest BCUT2D eigenvalue weighted by Crippen LogP contribution is 2.36. The summed E-state index contributed by atoms with van der Waals surface area (Å²) in [4.78, 5) is 4.50. The number of nitrogens with zero attached hydrogens (tertiary/aromatic N) is 1. The van der Waals surface area contributed by atoms with Crippen LogP contribution in [0.5, 0.6) is 0 Å². The third kappa shape index (κ3) is 5.47. The lowest BCUT2D eigenvalue weighted by molar-refractivity contribution is 0.396. The molecule has 0 unspecified atom stereocenters. The summed E-state index contributed by atoms with van der Waals surface area (Å²) >= 11 is 0. The summed E-state index contributed by atoms with van der Waals surface area (Å²) in [6, 6.07) is 0.411. The van der Waals surface area contributed by atoms with Gasteiger partial charge in [0, 0.05) is 11.6 Å². The molecule has 2 saturated carbocycles. The molecule has 0 atom stereocenters. The van der Waals surface area contributed by atoms with Crippen LogP contribution in [0.3, 0.4) is 0 Å². The molecule has 2 nitrogen and oxygen atoms in total. The molecule has 2 aliphatic carbocycles. The predicted molar refractivity (Wildman–Crippen MR) is 102 cm³/mol. The summed E-state index contributed by atoms with van der Waals surface area (Å²) in [6.45, 7) is 11.6. The Morgan fingerprint density at radius 1 is 1.21 bits per heavy atom. The molecule has 0 amide bonds. The van der Waals surface area contributed by atoms with E-state index in [-0.39, 0.29) is 5.83 Å². The number of aliphatic imine (C=N–C) groups is 1. The fraction of sp³-hybridized carbons (Fsp3) is 0.571. The van der Waals surface area contributed by atoms with Crippen LogP contribution in [0, 0.1) is 5.92 Å². The summed E-state index contributed by atoms with van der Waals surface area (Å²) < 4.78 is 14.5. The Balaban J connectivity index is 2.18. The van der Waals surface area contributed by atoms with Crippen molar-refractivity contribution < 1.29 is 4.39 Å². The Morgan fingerprint density at radius 3 is 2.42 bits per heavy atom. The average Bonchev–Trinajstić information content (AvgIpc) is 3.38. The molecule has 0 aliphatic heterocycles. The van der Waals surface area contributed by atoms with E-state index in [1.54, 1.807) is 13.0 Å². The molecule has 3 heteroatoms. The topological polar surface area (TPSA) is 24.4 Å². The second-order valence-corrected chi connectivity index (χ2v) is 7.07. The molecule has 0 aromatic heterocycles. The highest BCUT2D eigenvalue weighted by atomic mass is 19.1. The van der Waals surface area contributed by atoms with Crippen molar-refractivity contribution in [1.82, 2.24) is 5.32 Å². The molecular weight excluding hydrogens is 299 g/mol. The zero-order chi connectivity index (χ0) is 17.5. The van der Waals surface area contributed by atoms with Crippen LogP contribution in [0.15, 0.2) is 53.1 Å². The standard InChI is InChI=1S/C21H31FN2/c1-5-19(15(3)14-17-12-13-17)21(20(22)6-2)24-16(4)23-18-10-8-7-9-11-18/h5-6,17-18,23H,1,4,7-14H2,2-3H3/b19-15?,20-6+,24-21-. The number of allylic oxidation sites excluding steroid dienone is 5. The van der Waals surface area contributed by atoms with E-state index in [0.29, 0.717) is 17.6 Å². The van der Waals surface area contributed by atoms with Crippen molar-refractivity contribution in [3.8, 4) is 0 Å². The minimum absolute atomic E-state index is 0.313. The minimum Gasteiger partial charge on any atom is -0.368 e. The van der Waals surface area contributed by atoms with E-state index < -0.39 is 0 Å². The first kappa shape index (κ1) is 18.7. The lowest BCUT2D eigenvalue weighted by Gasteiger charge is -2.23. The largest absolute Gasteiger partial charge is 0.368 e. The third-order valence-electron chi connectivity index (χ3n) is 4.91. The first-order valence-corrected chi connectivity index (χ1v) is 9.24. The Morgan fingerprint density at radius 2 is 1.88 bits per heavy atom. The van der Waals surface area contributed by atoms with Crippen molar-refractivity contribution >= 4 is 5.71 Å². The van der Waals surface area contributed by atoms with Gasteiger partial charge in [0.1, 0.15) is 17.4 Å². The average molecular weight is 330 g/mol. The van der Waals surface area contributed by atoms with Gasteiger partial charge in [-0.2, -0.15) is 0 Å². The summed E-state index contributed by atoms with van der Waals surface area (Å²) in [5, 5.41) is 3.37. The van der Waals surface area contributed by atoms with E-state index in [1.165, 1.54) is 38.2 Å². The zero-order valence-electron chi connectivity index (χ0n) is 15.2. The third-order valence-corrected chi connectivity index (χ3v) is 4.91. The van der Waals surface area contributed by atoms with Crippen LogP contribution < -0.4 is 5.32 Å². The van der Waals surface area contributed by atoms with Crippen LogP contribution in [-0.4, -0.2) is 11.8 Å². The first-order chi connectivity index (χ1) is 11.5. The Kier molecular flexibility index (Phi) is 7.01. The molecular formula is C21H31FN2. The van der Waals surface area contributed by atoms with Crippen LogP contribution in [0.1, 0.15) is 65.2 Å². The van der Waals surface area contributed by atoms with Gasteiger partial charge in [-0.3, -0.25) is 0 Å². The molecule has 0 aromatic carbocycles. The predicted octanol–water partition coefficient (Wildman–Crippen LogP) is 6.00. The number of hydrogen-bond donors (Lipinski definition) is 1. The second-order valence-electron chi connectivity index (χ2n) is 7.07. The van der Waals surface area contributed by atoms with Crippen LogP contribution in [-0.2, 0) is 0 Å². The highest BCUT2D eigenvalue weighted by molar-refractivity contribution is 6.13. The van der Waals surface area contributed by atoms with Crippen molar-refractivity contribution in [2.75, 3.05) is 0 Å². The second kappa shape index (κ2) is 9.00. The van der Waals surface area contributed by atoms with Crippen LogP contribution in [0.4, 0.5) is 4.39 Å². The van der Waals surface area contributed by atoms with E-state index in [9.17, 15) is 4.39 Å². The monoisotopic (exact) mass is 330 g/mol.